The number of ether oxygens (including phenoxy) is 1. The van der Waals surface area contributed by atoms with Crippen LogP contribution in [-0.2, 0) is 6.61 Å². The van der Waals surface area contributed by atoms with E-state index in [1.165, 1.54) is 18.5 Å². The van der Waals surface area contributed by atoms with E-state index in [1.807, 2.05) is 42.5 Å². The molecule has 0 N–H and O–H groups in total. The maximum absolute atomic E-state index is 6.22. The van der Waals surface area contributed by atoms with Gasteiger partial charge in [-0.3, -0.25) is 9.97 Å². The minimum Gasteiger partial charge on any atom is -0.485 e. The Morgan fingerprint density at radius 2 is 1.66 bits per heavy atom. The monoisotopic (exact) mass is 382 g/mol. The smallest absolute Gasteiger partial charge is 0.148 e. The zero-order valence-corrected chi connectivity index (χ0v) is 16.2. The number of fused-ring (bicyclic) bond motifs is 1. The highest BCUT2D eigenvalue weighted by Gasteiger charge is 2.16. The van der Waals surface area contributed by atoms with Crippen LogP contribution in [-0.4, -0.2) is 28.0 Å². The largest absolute Gasteiger partial charge is 0.485 e. The molecule has 5 heteroatoms. The fraction of sp³-hybridized carbons (Fsp3) is 0.208. The molecule has 5 rings (SSSR count). The van der Waals surface area contributed by atoms with Crippen LogP contribution in [0, 0.1) is 0 Å². The van der Waals surface area contributed by atoms with Gasteiger partial charge in [-0.25, -0.2) is 4.98 Å². The number of nitrogens with zero attached hydrogens (tertiary/aromatic N) is 4. The van der Waals surface area contributed by atoms with Crippen molar-refractivity contribution < 1.29 is 4.74 Å². The van der Waals surface area contributed by atoms with Gasteiger partial charge in [0, 0.05) is 42.6 Å². The Morgan fingerprint density at radius 1 is 0.828 bits per heavy atom. The molecule has 0 atom stereocenters. The van der Waals surface area contributed by atoms with Crippen molar-refractivity contribution >= 4 is 16.6 Å². The van der Waals surface area contributed by atoms with Crippen LogP contribution in [0.5, 0.6) is 5.75 Å². The second-order valence-electron chi connectivity index (χ2n) is 7.23. The Hall–Kier alpha value is -3.47. The van der Waals surface area contributed by atoms with Gasteiger partial charge in [-0.1, -0.05) is 18.2 Å². The van der Waals surface area contributed by atoms with Crippen molar-refractivity contribution in [3.8, 4) is 17.1 Å². The number of aromatic nitrogens is 3. The third-order valence-electron chi connectivity index (χ3n) is 5.24. The zero-order chi connectivity index (χ0) is 19.5. The maximum Gasteiger partial charge on any atom is 0.148 e. The molecule has 1 saturated heterocycles. The average molecular weight is 382 g/mol. The van der Waals surface area contributed by atoms with E-state index in [0.29, 0.717) is 6.61 Å². The van der Waals surface area contributed by atoms with Crippen molar-refractivity contribution in [2.75, 3.05) is 18.0 Å². The van der Waals surface area contributed by atoms with E-state index in [4.69, 9.17) is 9.72 Å². The van der Waals surface area contributed by atoms with E-state index >= 15 is 0 Å². The van der Waals surface area contributed by atoms with Crippen LogP contribution in [0.4, 0.5) is 5.69 Å². The summed E-state index contributed by atoms with van der Waals surface area (Å²) in [5.74, 6) is 0.785. The van der Waals surface area contributed by atoms with Crippen molar-refractivity contribution in [3.05, 3.63) is 78.8 Å². The van der Waals surface area contributed by atoms with Gasteiger partial charge in [0.1, 0.15) is 17.9 Å². The van der Waals surface area contributed by atoms with Crippen molar-refractivity contribution in [2.24, 2.45) is 0 Å². The minimum atomic E-state index is 0.412. The van der Waals surface area contributed by atoms with Crippen molar-refractivity contribution in [1.82, 2.24) is 15.0 Å². The molecule has 0 amide bonds. The van der Waals surface area contributed by atoms with Crippen molar-refractivity contribution in [1.29, 1.82) is 0 Å². The first kappa shape index (κ1) is 17.6. The summed E-state index contributed by atoms with van der Waals surface area (Å²) in [6.07, 6.45) is 6.04. The summed E-state index contributed by atoms with van der Waals surface area (Å²) in [6, 6.07) is 20.2. The molecule has 144 valence electrons. The number of hydrogen-bond donors (Lipinski definition) is 0. The number of anilines is 1. The average Bonchev–Trinajstić information content (AvgIpc) is 3.33. The lowest BCUT2D eigenvalue weighted by Gasteiger charge is -2.20. The molecule has 0 aliphatic carbocycles. The predicted octanol–water partition coefficient (Wildman–Crippen LogP) is 4.87. The van der Waals surface area contributed by atoms with Gasteiger partial charge in [0.2, 0.25) is 0 Å². The first-order chi connectivity index (χ1) is 14.4. The fourth-order valence-corrected chi connectivity index (χ4v) is 3.75. The van der Waals surface area contributed by atoms with Gasteiger partial charge in [0.05, 0.1) is 17.1 Å². The van der Waals surface area contributed by atoms with Crippen LogP contribution in [0.1, 0.15) is 18.5 Å². The van der Waals surface area contributed by atoms with Crippen LogP contribution in [0.2, 0.25) is 0 Å². The molecule has 4 aromatic rings. The van der Waals surface area contributed by atoms with E-state index in [-0.39, 0.29) is 0 Å². The van der Waals surface area contributed by atoms with E-state index in [0.717, 1.165) is 46.8 Å². The van der Waals surface area contributed by atoms with Crippen LogP contribution < -0.4 is 9.64 Å². The quantitative estimate of drug-likeness (QED) is 0.493. The molecule has 3 aromatic heterocycles. The molecule has 4 heterocycles. The van der Waals surface area contributed by atoms with Crippen LogP contribution in [0.3, 0.4) is 0 Å². The standard InChI is InChI=1S/C24H22N4O/c1-3-11-25-19(7-1)17-29-23-16-20(28-13-5-6-14-28)15-18-9-10-22(27-24(18)23)21-8-2-4-12-26-21/h1-4,7-12,15-16H,5-6,13-14,17H2. The van der Waals surface area contributed by atoms with Gasteiger partial charge in [-0.2, -0.15) is 0 Å². The van der Waals surface area contributed by atoms with Gasteiger partial charge in [-0.05, 0) is 49.2 Å². The molecule has 0 bridgehead atoms. The van der Waals surface area contributed by atoms with Gasteiger partial charge in [0.25, 0.3) is 0 Å². The molecule has 0 spiro atoms. The SMILES string of the molecule is c1ccc(COc2cc(N3CCCC3)cc3ccc(-c4ccccn4)nc23)nc1. The lowest BCUT2D eigenvalue weighted by atomic mass is 10.1. The van der Waals surface area contributed by atoms with E-state index < -0.39 is 0 Å². The second-order valence-corrected chi connectivity index (χ2v) is 7.23. The highest BCUT2D eigenvalue weighted by molar-refractivity contribution is 5.90. The number of hydrogen-bond acceptors (Lipinski definition) is 5. The summed E-state index contributed by atoms with van der Waals surface area (Å²) in [7, 11) is 0. The summed E-state index contributed by atoms with van der Waals surface area (Å²) in [4.78, 5) is 16.1. The van der Waals surface area contributed by atoms with E-state index in [2.05, 4.69) is 33.1 Å². The van der Waals surface area contributed by atoms with Crippen LogP contribution >= 0.6 is 0 Å². The molecule has 1 aromatic carbocycles. The third kappa shape index (κ3) is 3.76. The Balaban J connectivity index is 1.57. The molecule has 5 nitrogen and oxygen atoms in total. The molecular weight excluding hydrogens is 360 g/mol. The highest BCUT2D eigenvalue weighted by atomic mass is 16.5. The normalized spacial score (nSPS) is 13.7. The van der Waals surface area contributed by atoms with Crippen LogP contribution in [0.25, 0.3) is 22.3 Å². The summed E-state index contributed by atoms with van der Waals surface area (Å²) < 4.78 is 6.22. The summed E-state index contributed by atoms with van der Waals surface area (Å²) in [6.45, 7) is 2.59. The predicted molar refractivity (Wildman–Crippen MR) is 115 cm³/mol. The lowest BCUT2D eigenvalue weighted by Crippen LogP contribution is -2.17. The topological polar surface area (TPSA) is 51.1 Å². The van der Waals surface area contributed by atoms with E-state index in [1.54, 1.807) is 12.4 Å². The van der Waals surface area contributed by atoms with Gasteiger partial charge >= 0.3 is 0 Å². The summed E-state index contributed by atoms with van der Waals surface area (Å²) in [5.41, 5.74) is 4.64. The van der Waals surface area contributed by atoms with Crippen molar-refractivity contribution in [3.63, 3.8) is 0 Å². The molecule has 29 heavy (non-hydrogen) atoms. The Labute approximate surface area is 170 Å². The number of benzene rings is 1. The van der Waals surface area contributed by atoms with Gasteiger partial charge < -0.3 is 9.64 Å². The second kappa shape index (κ2) is 7.87. The first-order valence-corrected chi connectivity index (χ1v) is 10.0. The Kier molecular flexibility index (Phi) is 4.78. The maximum atomic E-state index is 6.22. The summed E-state index contributed by atoms with van der Waals surface area (Å²) in [5, 5.41) is 1.07. The molecule has 1 fully saturated rings. The zero-order valence-electron chi connectivity index (χ0n) is 16.2. The fourth-order valence-electron chi connectivity index (χ4n) is 3.75. The number of rotatable bonds is 5. The Morgan fingerprint density at radius 3 is 2.41 bits per heavy atom. The number of pyridine rings is 3. The van der Waals surface area contributed by atoms with Gasteiger partial charge in [-0.15, -0.1) is 0 Å². The van der Waals surface area contributed by atoms with Crippen molar-refractivity contribution in [2.45, 2.75) is 19.4 Å². The molecular formula is C24H22N4O. The molecule has 1 aliphatic heterocycles. The molecule has 0 radical (unpaired) electrons. The molecule has 0 saturated carbocycles. The highest BCUT2D eigenvalue weighted by Crippen LogP contribution is 2.34. The lowest BCUT2D eigenvalue weighted by molar-refractivity contribution is 0.304. The summed E-state index contributed by atoms with van der Waals surface area (Å²) >= 11 is 0. The van der Waals surface area contributed by atoms with Crippen LogP contribution in [0.15, 0.2) is 73.1 Å². The minimum absolute atomic E-state index is 0.412. The molecule has 1 aliphatic rings. The Bertz CT molecular complexity index is 1110. The third-order valence-corrected chi connectivity index (χ3v) is 5.24. The van der Waals surface area contributed by atoms with E-state index in [9.17, 15) is 0 Å². The van der Waals surface area contributed by atoms with Gasteiger partial charge in [0.15, 0.2) is 0 Å². The first-order valence-electron chi connectivity index (χ1n) is 10.0. The molecule has 0 unspecified atom stereocenters.